The van der Waals surface area contributed by atoms with Gasteiger partial charge in [-0.15, -0.1) is 0 Å². The van der Waals surface area contributed by atoms with Gasteiger partial charge >= 0.3 is 0 Å². The second-order valence-electron chi connectivity index (χ2n) is 5.11. The molecule has 0 aromatic heterocycles. The van der Waals surface area contributed by atoms with E-state index >= 15 is 0 Å². The fraction of sp³-hybridized carbons (Fsp3) is 1.00. The average Bonchev–Trinajstić information content (AvgIpc) is 2.81. The zero-order valence-corrected chi connectivity index (χ0v) is 10.4. The Bertz CT molecular complexity index is 174. The molecule has 1 atom stereocenters. The molecule has 1 aliphatic carbocycles. The predicted octanol–water partition coefficient (Wildman–Crippen LogP) is 2.54. The third-order valence-electron chi connectivity index (χ3n) is 4.11. The highest BCUT2D eigenvalue weighted by atomic mass is 32.2. The van der Waals surface area contributed by atoms with Crippen LogP contribution in [0.3, 0.4) is 0 Å². The largest absolute Gasteiger partial charge is 0.271 e. The standard InChI is InChI=1S/C12H24N2S/c13-14-12(11-3-1-2-4-11)9-10-5-7-15-8-6-10/h10-12,14H,1-9,13H2. The maximum absolute atomic E-state index is 5.71. The lowest BCUT2D eigenvalue weighted by molar-refractivity contribution is 0.286. The minimum Gasteiger partial charge on any atom is -0.271 e. The summed E-state index contributed by atoms with van der Waals surface area (Å²) >= 11 is 2.11. The van der Waals surface area contributed by atoms with E-state index < -0.39 is 0 Å². The Labute approximate surface area is 97.7 Å². The summed E-state index contributed by atoms with van der Waals surface area (Å²) in [6.07, 6.45) is 9.78. The van der Waals surface area contributed by atoms with Gasteiger partial charge in [0.1, 0.15) is 0 Å². The molecule has 0 amide bonds. The number of nitrogens with two attached hydrogens (primary N) is 1. The van der Waals surface area contributed by atoms with Crippen LogP contribution in [0.15, 0.2) is 0 Å². The first-order valence-electron chi connectivity index (χ1n) is 6.44. The Morgan fingerprint density at radius 2 is 1.80 bits per heavy atom. The van der Waals surface area contributed by atoms with Crippen LogP contribution in [0.4, 0.5) is 0 Å². The molecule has 1 saturated carbocycles. The highest BCUT2D eigenvalue weighted by Crippen LogP contribution is 2.33. The van der Waals surface area contributed by atoms with E-state index in [4.69, 9.17) is 5.84 Å². The van der Waals surface area contributed by atoms with Gasteiger partial charge < -0.3 is 0 Å². The summed E-state index contributed by atoms with van der Waals surface area (Å²) in [7, 11) is 0. The quantitative estimate of drug-likeness (QED) is 0.573. The zero-order chi connectivity index (χ0) is 10.5. The lowest BCUT2D eigenvalue weighted by Gasteiger charge is -2.29. The van der Waals surface area contributed by atoms with Crippen LogP contribution in [-0.4, -0.2) is 17.5 Å². The van der Waals surface area contributed by atoms with E-state index in [-0.39, 0.29) is 0 Å². The fourth-order valence-electron chi connectivity index (χ4n) is 3.10. The van der Waals surface area contributed by atoms with Crippen molar-refractivity contribution in [3.05, 3.63) is 0 Å². The summed E-state index contributed by atoms with van der Waals surface area (Å²) in [4.78, 5) is 0. The molecule has 3 heteroatoms. The van der Waals surface area contributed by atoms with Gasteiger partial charge in [0.2, 0.25) is 0 Å². The van der Waals surface area contributed by atoms with E-state index in [1.807, 2.05) is 0 Å². The Kier molecular flexibility index (Phi) is 4.79. The van der Waals surface area contributed by atoms with Crippen LogP contribution in [0.25, 0.3) is 0 Å². The number of rotatable bonds is 4. The summed E-state index contributed by atoms with van der Waals surface area (Å²) in [5, 5.41) is 0. The third-order valence-corrected chi connectivity index (χ3v) is 5.16. The first-order chi connectivity index (χ1) is 7.40. The van der Waals surface area contributed by atoms with Crippen molar-refractivity contribution >= 4 is 11.8 Å². The number of thioether (sulfide) groups is 1. The van der Waals surface area contributed by atoms with Crippen LogP contribution >= 0.6 is 11.8 Å². The molecule has 0 aromatic carbocycles. The van der Waals surface area contributed by atoms with Crippen LogP contribution < -0.4 is 11.3 Å². The summed E-state index contributed by atoms with van der Waals surface area (Å²) in [6.45, 7) is 0. The summed E-state index contributed by atoms with van der Waals surface area (Å²) < 4.78 is 0. The average molecular weight is 228 g/mol. The molecule has 2 fully saturated rings. The number of nitrogens with one attached hydrogen (secondary N) is 1. The summed E-state index contributed by atoms with van der Waals surface area (Å²) in [5.41, 5.74) is 3.08. The molecule has 1 saturated heterocycles. The molecule has 3 N–H and O–H groups in total. The molecule has 15 heavy (non-hydrogen) atoms. The monoisotopic (exact) mass is 228 g/mol. The van der Waals surface area contributed by atoms with Crippen LogP contribution in [0.2, 0.25) is 0 Å². The minimum atomic E-state index is 0.598. The number of hydrogen-bond acceptors (Lipinski definition) is 3. The van der Waals surface area contributed by atoms with Crippen molar-refractivity contribution in [2.45, 2.75) is 51.0 Å². The van der Waals surface area contributed by atoms with Gasteiger partial charge in [0, 0.05) is 6.04 Å². The maximum atomic E-state index is 5.71. The highest BCUT2D eigenvalue weighted by Gasteiger charge is 2.27. The molecular weight excluding hydrogens is 204 g/mol. The van der Waals surface area contributed by atoms with Crippen molar-refractivity contribution in [3.8, 4) is 0 Å². The van der Waals surface area contributed by atoms with E-state index in [1.54, 1.807) is 0 Å². The van der Waals surface area contributed by atoms with Crippen molar-refractivity contribution in [3.63, 3.8) is 0 Å². The van der Waals surface area contributed by atoms with Gasteiger partial charge in [-0.1, -0.05) is 12.8 Å². The molecule has 2 aliphatic rings. The van der Waals surface area contributed by atoms with Gasteiger partial charge in [0.15, 0.2) is 0 Å². The molecule has 0 bridgehead atoms. The van der Waals surface area contributed by atoms with Crippen molar-refractivity contribution < 1.29 is 0 Å². The first-order valence-corrected chi connectivity index (χ1v) is 7.59. The van der Waals surface area contributed by atoms with Crippen LogP contribution in [-0.2, 0) is 0 Å². The molecule has 0 aromatic rings. The van der Waals surface area contributed by atoms with E-state index in [0.29, 0.717) is 6.04 Å². The van der Waals surface area contributed by atoms with Gasteiger partial charge in [-0.25, -0.2) is 0 Å². The summed E-state index contributed by atoms with van der Waals surface area (Å²) in [6, 6.07) is 0.598. The molecule has 1 heterocycles. The van der Waals surface area contributed by atoms with Crippen LogP contribution in [0.1, 0.15) is 44.9 Å². The molecule has 0 radical (unpaired) electrons. The van der Waals surface area contributed by atoms with Crippen LogP contribution in [0.5, 0.6) is 0 Å². The number of hydrogen-bond donors (Lipinski definition) is 2. The Morgan fingerprint density at radius 3 is 2.40 bits per heavy atom. The van der Waals surface area contributed by atoms with E-state index in [9.17, 15) is 0 Å². The maximum Gasteiger partial charge on any atom is 0.0241 e. The number of hydrazine groups is 1. The van der Waals surface area contributed by atoms with Crippen molar-refractivity contribution in [2.24, 2.45) is 17.7 Å². The Hall–Kier alpha value is 0.270. The van der Waals surface area contributed by atoms with E-state index in [2.05, 4.69) is 17.2 Å². The van der Waals surface area contributed by atoms with Crippen molar-refractivity contribution in [1.29, 1.82) is 0 Å². The van der Waals surface area contributed by atoms with Gasteiger partial charge in [0.05, 0.1) is 0 Å². The lowest BCUT2D eigenvalue weighted by atomic mass is 9.87. The minimum absolute atomic E-state index is 0.598. The van der Waals surface area contributed by atoms with Gasteiger partial charge in [-0.3, -0.25) is 11.3 Å². The normalized spacial score (nSPS) is 27.0. The van der Waals surface area contributed by atoms with Crippen molar-refractivity contribution in [2.75, 3.05) is 11.5 Å². The highest BCUT2D eigenvalue weighted by molar-refractivity contribution is 7.99. The third kappa shape index (κ3) is 3.36. The molecule has 2 rings (SSSR count). The van der Waals surface area contributed by atoms with Gasteiger partial charge in [0.25, 0.3) is 0 Å². The Balaban J connectivity index is 1.78. The van der Waals surface area contributed by atoms with Gasteiger partial charge in [-0.2, -0.15) is 11.8 Å². The fourth-order valence-corrected chi connectivity index (χ4v) is 4.30. The van der Waals surface area contributed by atoms with E-state index in [1.165, 1.54) is 56.5 Å². The van der Waals surface area contributed by atoms with Crippen LogP contribution in [0, 0.1) is 11.8 Å². The molecule has 2 nitrogen and oxygen atoms in total. The van der Waals surface area contributed by atoms with Gasteiger partial charge in [-0.05, 0) is 55.4 Å². The van der Waals surface area contributed by atoms with Crippen molar-refractivity contribution in [1.82, 2.24) is 5.43 Å². The summed E-state index contributed by atoms with van der Waals surface area (Å²) in [5.74, 6) is 10.3. The smallest absolute Gasteiger partial charge is 0.0241 e. The molecule has 1 aliphatic heterocycles. The van der Waals surface area contributed by atoms with E-state index in [0.717, 1.165) is 11.8 Å². The zero-order valence-electron chi connectivity index (χ0n) is 9.58. The first kappa shape index (κ1) is 11.7. The molecular formula is C12H24N2S. The molecule has 0 spiro atoms. The molecule has 1 unspecified atom stereocenters. The topological polar surface area (TPSA) is 38.0 Å². The lowest BCUT2D eigenvalue weighted by Crippen LogP contribution is -2.41. The Morgan fingerprint density at radius 1 is 1.13 bits per heavy atom. The second-order valence-corrected chi connectivity index (χ2v) is 6.33. The second kappa shape index (κ2) is 6.12. The molecule has 88 valence electrons. The SMILES string of the molecule is NNC(CC1CCSCC1)C1CCCC1. The predicted molar refractivity (Wildman–Crippen MR) is 67.7 cm³/mol.